The van der Waals surface area contributed by atoms with Crippen LogP contribution in [0.3, 0.4) is 0 Å². The molecule has 0 aliphatic rings. The van der Waals surface area contributed by atoms with Gasteiger partial charge in [-0.2, -0.15) is 0 Å². The third kappa shape index (κ3) is 2.63. The van der Waals surface area contributed by atoms with Gasteiger partial charge < -0.3 is 5.73 Å². The molecule has 1 atom stereocenters. The van der Waals surface area contributed by atoms with Crippen molar-refractivity contribution in [3.8, 4) is 11.8 Å². The summed E-state index contributed by atoms with van der Waals surface area (Å²) in [4.78, 5) is 1.18. The van der Waals surface area contributed by atoms with Crippen LogP contribution in [0, 0.1) is 11.8 Å². The van der Waals surface area contributed by atoms with E-state index in [1.807, 2.05) is 18.4 Å². The molecule has 1 aromatic rings. The fourth-order valence-corrected chi connectivity index (χ4v) is 2.28. The van der Waals surface area contributed by atoms with E-state index in [2.05, 4.69) is 27.8 Å². The SMILES string of the molecule is CC#CCC(N)c1cc(Br)cs1. The smallest absolute Gasteiger partial charge is 0.0501 e. The molecule has 64 valence electrons. The van der Waals surface area contributed by atoms with E-state index in [1.165, 1.54) is 4.88 Å². The van der Waals surface area contributed by atoms with Crippen molar-refractivity contribution in [3.63, 3.8) is 0 Å². The molecule has 0 amide bonds. The molecule has 0 aromatic carbocycles. The molecule has 0 spiro atoms. The number of rotatable bonds is 2. The largest absolute Gasteiger partial charge is 0.322 e. The van der Waals surface area contributed by atoms with Crippen molar-refractivity contribution in [2.45, 2.75) is 19.4 Å². The first-order valence-corrected chi connectivity index (χ1v) is 5.30. The molecule has 0 fully saturated rings. The highest BCUT2D eigenvalue weighted by Crippen LogP contribution is 2.25. The van der Waals surface area contributed by atoms with Gasteiger partial charge in [0.25, 0.3) is 0 Å². The van der Waals surface area contributed by atoms with Gasteiger partial charge in [0, 0.05) is 21.2 Å². The Morgan fingerprint density at radius 1 is 1.75 bits per heavy atom. The van der Waals surface area contributed by atoms with Crippen molar-refractivity contribution in [3.05, 3.63) is 20.8 Å². The molecule has 0 aliphatic heterocycles. The fourth-order valence-electron chi connectivity index (χ4n) is 0.835. The van der Waals surface area contributed by atoms with E-state index >= 15 is 0 Å². The lowest BCUT2D eigenvalue weighted by molar-refractivity contribution is 0.770. The van der Waals surface area contributed by atoms with E-state index in [0.717, 1.165) is 10.9 Å². The lowest BCUT2D eigenvalue weighted by Gasteiger charge is -2.02. The van der Waals surface area contributed by atoms with Gasteiger partial charge in [-0.1, -0.05) is 0 Å². The van der Waals surface area contributed by atoms with Gasteiger partial charge in [0.05, 0.1) is 6.04 Å². The Bertz CT molecular complexity index is 308. The van der Waals surface area contributed by atoms with Gasteiger partial charge >= 0.3 is 0 Å². The van der Waals surface area contributed by atoms with Crippen LogP contribution in [0.1, 0.15) is 24.3 Å². The van der Waals surface area contributed by atoms with Crippen molar-refractivity contribution in [2.75, 3.05) is 0 Å². The van der Waals surface area contributed by atoms with Crippen LogP contribution < -0.4 is 5.73 Å². The molecule has 0 radical (unpaired) electrons. The highest BCUT2D eigenvalue weighted by atomic mass is 79.9. The van der Waals surface area contributed by atoms with E-state index in [4.69, 9.17) is 5.73 Å². The third-order valence-corrected chi connectivity index (χ3v) is 3.28. The van der Waals surface area contributed by atoms with Gasteiger partial charge in [-0.05, 0) is 28.9 Å². The summed E-state index contributed by atoms with van der Waals surface area (Å²) in [5.74, 6) is 5.81. The molecule has 3 heteroatoms. The molecule has 0 aliphatic carbocycles. The summed E-state index contributed by atoms with van der Waals surface area (Å²) in [5, 5.41) is 2.04. The van der Waals surface area contributed by atoms with Crippen molar-refractivity contribution in [1.82, 2.24) is 0 Å². The second-order valence-electron chi connectivity index (χ2n) is 2.40. The average Bonchev–Trinajstić information content (AvgIpc) is 2.47. The molecule has 1 heterocycles. The lowest BCUT2D eigenvalue weighted by atomic mass is 10.2. The van der Waals surface area contributed by atoms with Crippen LogP contribution >= 0.6 is 27.3 Å². The Balaban J connectivity index is 2.62. The zero-order valence-electron chi connectivity index (χ0n) is 6.80. The van der Waals surface area contributed by atoms with Crippen molar-refractivity contribution in [1.29, 1.82) is 0 Å². The Labute approximate surface area is 85.1 Å². The minimum Gasteiger partial charge on any atom is -0.322 e. The van der Waals surface area contributed by atoms with Crippen LogP contribution in [-0.2, 0) is 0 Å². The Hall–Kier alpha value is -0.300. The maximum Gasteiger partial charge on any atom is 0.0501 e. The van der Waals surface area contributed by atoms with Gasteiger partial charge in [0.2, 0.25) is 0 Å². The van der Waals surface area contributed by atoms with Gasteiger partial charge in [0.15, 0.2) is 0 Å². The van der Waals surface area contributed by atoms with Crippen LogP contribution in [0.4, 0.5) is 0 Å². The topological polar surface area (TPSA) is 26.0 Å². The first-order valence-electron chi connectivity index (χ1n) is 3.63. The van der Waals surface area contributed by atoms with E-state index in [9.17, 15) is 0 Å². The van der Waals surface area contributed by atoms with E-state index < -0.39 is 0 Å². The Morgan fingerprint density at radius 3 is 3.00 bits per heavy atom. The van der Waals surface area contributed by atoms with E-state index in [1.54, 1.807) is 11.3 Å². The summed E-state index contributed by atoms with van der Waals surface area (Å²) in [6.45, 7) is 1.83. The lowest BCUT2D eigenvalue weighted by Crippen LogP contribution is -2.06. The maximum absolute atomic E-state index is 5.88. The fraction of sp³-hybridized carbons (Fsp3) is 0.333. The Morgan fingerprint density at radius 2 is 2.50 bits per heavy atom. The zero-order chi connectivity index (χ0) is 8.97. The number of halogens is 1. The quantitative estimate of drug-likeness (QED) is 0.795. The minimum atomic E-state index is 0.0637. The predicted molar refractivity (Wildman–Crippen MR) is 57.0 cm³/mol. The molecular weight excluding hydrogens is 234 g/mol. The maximum atomic E-state index is 5.88. The monoisotopic (exact) mass is 243 g/mol. The van der Waals surface area contributed by atoms with Gasteiger partial charge in [-0.15, -0.1) is 23.2 Å². The Kier molecular flexibility index (Phi) is 3.80. The minimum absolute atomic E-state index is 0.0637. The predicted octanol–water partition coefficient (Wildman–Crippen LogP) is 2.92. The molecule has 1 unspecified atom stereocenters. The summed E-state index contributed by atoms with van der Waals surface area (Å²) in [7, 11) is 0. The highest BCUT2D eigenvalue weighted by Gasteiger charge is 2.05. The number of hydrogen-bond donors (Lipinski definition) is 1. The van der Waals surface area contributed by atoms with Gasteiger partial charge in [-0.3, -0.25) is 0 Å². The molecule has 1 nitrogen and oxygen atoms in total. The van der Waals surface area contributed by atoms with E-state index in [-0.39, 0.29) is 6.04 Å². The molecule has 12 heavy (non-hydrogen) atoms. The molecule has 0 bridgehead atoms. The van der Waals surface area contributed by atoms with Crippen LogP contribution in [0.15, 0.2) is 15.9 Å². The summed E-state index contributed by atoms with van der Waals surface area (Å²) < 4.78 is 1.10. The molecule has 2 N–H and O–H groups in total. The summed E-state index contributed by atoms with van der Waals surface area (Å²) in [6, 6.07) is 2.11. The van der Waals surface area contributed by atoms with Crippen molar-refractivity contribution in [2.24, 2.45) is 5.73 Å². The van der Waals surface area contributed by atoms with Crippen molar-refractivity contribution >= 4 is 27.3 Å². The average molecular weight is 244 g/mol. The van der Waals surface area contributed by atoms with Crippen LogP contribution in [0.2, 0.25) is 0 Å². The van der Waals surface area contributed by atoms with Crippen molar-refractivity contribution < 1.29 is 0 Å². The molecule has 1 aromatic heterocycles. The summed E-state index contributed by atoms with van der Waals surface area (Å²) >= 11 is 5.06. The number of hydrogen-bond acceptors (Lipinski definition) is 2. The van der Waals surface area contributed by atoms with Gasteiger partial charge in [-0.25, -0.2) is 0 Å². The first-order chi connectivity index (χ1) is 5.74. The molecule has 0 saturated carbocycles. The normalized spacial score (nSPS) is 11.9. The molecule has 1 rings (SSSR count). The molecule has 0 saturated heterocycles. The second-order valence-corrected chi connectivity index (χ2v) is 4.26. The van der Waals surface area contributed by atoms with Crippen LogP contribution in [0.5, 0.6) is 0 Å². The zero-order valence-corrected chi connectivity index (χ0v) is 9.21. The number of thiophene rings is 1. The highest BCUT2D eigenvalue weighted by molar-refractivity contribution is 9.10. The molecular formula is C9H10BrNS. The summed E-state index contributed by atoms with van der Waals surface area (Å²) in [5.41, 5.74) is 5.88. The van der Waals surface area contributed by atoms with Crippen LogP contribution in [-0.4, -0.2) is 0 Å². The second kappa shape index (κ2) is 4.66. The van der Waals surface area contributed by atoms with Gasteiger partial charge in [0.1, 0.15) is 0 Å². The number of nitrogens with two attached hydrogens (primary N) is 1. The standard InChI is InChI=1S/C9H10BrNS/c1-2-3-4-8(11)9-5-7(10)6-12-9/h5-6,8H,4,11H2,1H3. The van der Waals surface area contributed by atoms with Crippen LogP contribution in [0.25, 0.3) is 0 Å². The third-order valence-electron chi connectivity index (χ3n) is 1.45. The first kappa shape index (κ1) is 9.79. The van der Waals surface area contributed by atoms with E-state index in [0.29, 0.717) is 0 Å². The summed E-state index contributed by atoms with van der Waals surface area (Å²) in [6.07, 6.45) is 0.740.